The molecule has 1 aromatic carbocycles. The standard InChI is InChI=1S/C15H23N3O/c1-11-7-8-18(9-12(11)2)10-13-5-3-4-6-14(13)15(19)17-16/h3-6,11-12H,7-10,16H2,1-2H3,(H,17,19). The third-order valence-corrected chi connectivity index (χ3v) is 4.21. The number of carbonyl (C=O) groups is 1. The number of benzene rings is 1. The molecule has 1 aliphatic heterocycles. The number of rotatable bonds is 3. The number of amides is 1. The van der Waals surface area contributed by atoms with Gasteiger partial charge in [0.05, 0.1) is 0 Å². The van der Waals surface area contributed by atoms with Crippen LogP contribution in [0.4, 0.5) is 0 Å². The first-order chi connectivity index (χ1) is 9.11. The van der Waals surface area contributed by atoms with E-state index in [0.29, 0.717) is 11.5 Å². The van der Waals surface area contributed by atoms with Gasteiger partial charge < -0.3 is 0 Å². The average molecular weight is 261 g/mol. The lowest BCUT2D eigenvalue weighted by Crippen LogP contribution is -2.38. The van der Waals surface area contributed by atoms with Crippen LogP contribution in [0.3, 0.4) is 0 Å². The minimum atomic E-state index is -0.214. The zero-order chi connectivity index (χ0) is 13.8. The Balaban J connectivity index is 2.09. The van der Waals surface area contributed by atoms with Gasteiger partial charge in [-0.25, -0.2) is 5.84 Å². The minimum Gasteiger partial charge on any atom is -0.299 e. The first-order valence-electron chi connectivity index (χ1n) is 6.93. The maximum atomic E-state index is 11.7. The Hall–Kier alpha value is -1.39. The van der Waals surface area contributed by atoms with Crippen LogP contribution < -0.4 is 11.3 Å². The topological polar surface area (TPSA) is 58.4 Å². The number of hydrogen-bond acceptors (Lipinski definition) is 3. The fourth-order valence-electron chi connectivity index (χ4n) is 2.69. The summed E-state index contributed by atoms with van der Waals surface area (Å²) in [6.07, 6.45) is 1.23. The number of carbonyl (C=O) groups excluding carboxylic acids is 1. The van der Waals surface area contributed by atoms with Gasteiger partial charge in [0.25, 0.3) is 5.91 Å². The van der Waals surface area contributed by atoms with E-state index in [9.17, 15) is 4.79 Å². The largest absolute Gasteiger partial charge is 0.299 e. The summed E-state index contributed by atoms with van der Waals surface area (Å²) in [6, 6.07) is 7.68. The van der Waals surface area contributed by atoms with Gasteiger partial charge >= 0.3 is 0 Å². The Morgan fingerprint density at radius 2 is 2.11 bits per heavy atom. The summed E-state index contributed by atoms with van der Waals surface area (Å²) in [5.41, 5.74) is 3.94. The molecular weight excluding hydrogens is 238 g/mol. The molecule has 1 aromatic rings. The van der Waals surface area contributed by atoms with E-state index in [1.165, 1.54) is 6.42 Å². The van der Waals surface area contributed by atoms with Gasteiger partial charge in [-0.2, -0.15) is 0 Å². The highest BCUT2D eigenvalue weighted by Crippen LogP contribution is 2.24. The second-order valence-electron chi connectivity index (χ2n) is 5.61. The van der Waals surface area contributed by atoms with E-state index in [2.05, 4.69) is 24.2 Å². The van der Waals surface area contributed by atoms with Crippen LogP contribution in [0.25, 0.3) is 0 Å². The van der Waals surface area contributed by atoms with Crippen molar-refractivity contribution in [1.82, 2.24) is 10.3 Å². The van der Waals surface area contributed by atoms with Gasteiger partial charge in [0.2, 0.25) is 0 Å². The molecule has 1 heterocycles. The third-order valence-electron chi connectivity index (χ3n) is 4.21. The molecule has 1 aliphatic rings. The molecule has 2 unspecified atom stereocenters. The maximum absolute atomic E-state index is 11.7. The van der Waals surface area contributed by atoms with Crippen molar-refractivity contribution in [1.29, 1.82) is 0 Å². The van der Waals surface area contributed by atoms with E-state index >= 15 is 0 Å². The van der Waals surface area contributed by atoms with Gasteiger partial charge in [0.15, 0.2) is 0 Å². The Morgan fingerprint density at radius 3 is 2.79 bits per heavy atom. The molecule has 1 fully saturated rings. The first kappa shape index (κ1) is 14.0. The summed E-state index contributed by atoms with van der Waals surface area (Å²) >= 11 is 0. The molecule has 0 saturated carbocycles. The Kier molecular flexibility index (Phi) is 4.56. The Labute approximate surface area is 114 Å². The molecule has 1 saturated heterocycles. The fourth-order valence-corrected chi connectivity index (χ4v) is 2.69. The van der Waals surface area contributed by atoms with Crippen molar-refractivity contribution in [3.8, 4) is 0 Å². The van der Waals surface area contributed by atoms with Gasteiger partial charge in [-0.1, -0.05) is 32.0 Å². The van der Waals surface area contributed by atoms with Crippen LogP contribution in [0, 0.1) is 11.8 Å². The maximum Gasteiger partial charge on any atom is 0.265 e. The predicted octanol–water partition coefficient (Wildman–Crippen LogP) is 1.77. The van der Waals surface area contributed by atoms with Crippen LogP contribution in [0.5, 0.6) is 0 Å². The van der Waals surface area contributed by atoms with Crippen molar-refractivity contribution in [3.63, 3.8) is 0 Å². The van der Waals surface area contributed by atoms with Crippen LogP contribution in [0.2, 0.25) is 0 Å². The number of nitrogen functional groups attached to an aromatic ring is 1. The number of piperidine rings is 1. The molecule has 19 heavy (non-hydrogen) atoms. The van der Waals surface area contributed by atoms with Crippen LogP contribution in [0.15, 0.2) is 24.3 Å². The van der Waals surface area contributed by atoms with Crippen molar-refractivity contribution in [2.24, 2.45) is 17.7 Å². The highest BCUT2D eigenvalue weighted by molar-refractivity contribution is 5.95. The summed E-state index contributed by atoms with van der Waals surface area (Å²) < 4.78 is 0. The number of hydrazine groups is 1. The Bertz CT molecular complexity index is 447. The van der Waals surface area contributed by atoms with Crippen molar-refractivity contribution in [2.45, 2.75) is 26.8 Å². The predicted molar refractivity (Wildman–Crippen MR) is 76.3 cm³/mol. The number of likely N-dealkylation sites (tertiary alicyclic amines) is 1. The quantitative estimate of drug-likeness (QED) is 0.495. The normalized spacial score (nSPS) is 24.2. The van der Waals surface area contributed by atoms with E-state index < -0.39 is 0 Å². The van der Waals surface area contributed by atoms with Gasteiger partial charge in [0, 0.05) is 18.7 Å². The lowest BCUT2D eigenvalue weighted by atomic mass is 9.88. The molecule has 0 aliphatic carbocycles. The van der Waals surface area contributed by atoms with E-state index in [1.807, 2.05) is 24.3 Å². The summed E-state index contributed by atoms with van der Waals surface area (Å²) in [7, 11) is 0. The summed E-state index contributed by atoms with van der Waals surface area (Å²) in [5, 5.41) is 0. The summed E-state index contributed by atoms with van der Waals surface area (Å²) in [5.74, 6) is 6.52. The number of nitrogens with two attached hydrogens (primary N) is 1. The monoisotopic (exact) mass is 261 g/mol. The van der Waals surface area contributed by atoms with E-state index in [1.54, 1.807) is 0 Å². The van der Waals surface area contributed by atoms with E-state index in [-0.39, 0.29) is 5.91 Å². The van der Waals surface area contributed by atoms with E-state index in [4.69, 9.17) is 5.84 Å². The highest BCUT2D eigenvalue weighted by Gasteiger charge is 2.23. The van der Waals surface area contributed by atoms with Crippen LogP contribution in [-0.2, 0) is 6.54 Å². The van der Waals surface area contributed by atoms with Gasteiger partial charge in [-0.3, -0.25) is 15.1 Å². The number of nitrogens with zero attached hydrogens (tertiary/aromatic N) is 1. The van der Waals surface area contributed by atoms with Crippen LogP contribution in [0.1, 0.15) is 36.2 Å². The van der Waals surface area contributed by atoms with Gasteiger partial charge in [-0.15, -0.1) is 0 Å². The molecular formula is C15H23N3O. The third kappa shape index (κ3) is 3.33. The second kappa shape index (κ2) is 6.17. The molecule has 0 radical (unpaired) electrons. The van der Waals surface area contributed by atoms with Crippen molar-refractivity contribution in [2.75, 3.05) is 13.1 Å². The molecule has 3 N–H and O–H groups in total. The van der Waals surface area contributed by atoms with Crippen LogP contribution >= 0.6 is 0 Å². The molecule has 4 nitrogen and oxygen atoms in total. The van der Waals surface area contributed by atoms with E-state index in [0.717, 1.165) is 31.1 Å². The van der Waals surface area contributed by atoms with Gasteiger partial charge in [0.1, 0.15) is 0 Å². The van der Waals surface area contributed by atoms with Crippen molar-refractivity contribution < 1.29 is 4.79 Å². The van der Waals surface area contributed by atoms with Gasteiger partial charge in [-0.05, 0) is 36.4 Å². The lowest BCUT2D eigenvalue weighted by Gasteiger charge is -2.35. The minimum absolute atomic E-state index is 0.214. The van der Waals surface area contributed by atoms with Crippen molar-refractivity contribution >= 4 is 5.91 Å². The van der Waals surface area contributed by atoms with Crippen LogP contribution in [-0.4, -0.2) is 23.9 Å². The lowest BCUT2D eigenvalue weighted by molar-refractivity contribution is 0.0948. The molecule has 0 aromatic heterocycles. The molecule has 0 spiro atoms. The summed E-state index contributed by atoms with van der Waals surface area (Å²) in [6.45, 7) is 7.64. The molecule has 1 amide bonds. The first-order valence-corrected chi connectivity index (χ1v) is 6.93. The zero-order valence-electron chi connectivity index (χ0n) is 11.7. The zero-order valence-corrected chi connectivity index (χ0v) is 11.7. The smallest absolute Gasteiger partial charge is 0.265 e. The number of nitrogens with one attached hydrogen (secondary N) is 1. The molecule has 4 heteroatoms. The second-order valence-corrected chi connectivity index (χ2v) is 5.61. The highest BCUT2D eigenvalue weighted by atomic mass is 16.2. The Morgan fingerprint density at radius 1 is 1.37 bits per heavy atom. The molecule has 104 valence electrons. The molecule has 2 atom stereocenters. The van der Waals surface area contributed by atoms with Crippen molar-refractivity contribution in [3.05, 3.63) is 35.4 Å². The molecule has 0 bridgehead atoms. The molecule has 2 rings (SSSR count). The SMILES string of the molecule is CC1CCN(Cc2ccccc2C(=O)NN)CC1C. The summed E-state index contributed by atoms with van der Waals surface area (Å²) in [4.78, 5) is 14.2. The fraction of sp³-hybridized carbons (Fsp3) is 0.533. The number of hydrogen-bond donors (Lipinski definition) is 2. The average Bonchev–Trinajstić information content (AvgIpc) is 2.43.